The first-order valence-electron chi connectivity index (χ1n) is 8.83. The summed E-state index contributed by atoms with van der Waals surface area (Å²) in [5.74, 6) is -0.339. The monoisotopic (exact) mass is 410 g/mol. The Balaban J connectivity index is 1.63. The Kier molecular flexibility index (Phi) is 4.63. The molecule has 10 heteroatoms. The van der Waals surface area contributed by atoms with Crippen LogP contribution in [0.3, 0.4) is 0 Å². The van der Waals surface area contributed by atoms with Crippen LogP contribution in [-0.4, -0.2) is 29.6 Å². The summed E-state index contributed by atoms with van der Waals surface area (Å²) in [5.41, 5.74) is 1.19. The maximum Gasteiger partial charge on any atom is 0.332 e. The number of aryl methyl sites for hydroxylation is 1. The molecule has 4 aromatic rings. The molecular weight excluding hydrogens is 392 g/mol. The zero-order valence-corrected chi connectivity index (χ0v) is 16.8. The summed E-state index contributed by atoms with van der Waals surface area (Å²) < 4.78 is 3.75. The molecule has 0 radical (unpaired) electrons. The Hall–Kier alpha value is -3.53. The Bertz CT molecular complexity index is 1330. The molecule has 0 saturated carbocycles. The maximum absolute atomic E-state index is 12.8. The molecule has 1 atom stereocenters. The largest absolute Gasteiger partial charge is 0.332 e. The first-order chi connectivity index (χ1) is 13.9. The lowest BCUT2D eigenvalue weighted by atomic mass is 10.2. The molecule has 1 N–H and O–H groups in total. The fourth-order valence-electron chi connectivity index (χ4n) is 3.07. The Morgan fingerprint density at radius 2 is 1.86 bits per heavy atom. The SMILES string of the molecule is CC(C(=O)Nc1nc(-c2ccccc2)cs1)n1cnc2c1c(=O)n(C)c(=O)n2C. The molecule has 1 aromatic carbocycles. The summed E-state index contributed by atoms with van der Waals surface area (Å²) in [6.07, 6.45) is 1.40. The lowest BCUT2D eigenvalue weighted by Gasteiger charge is -2.13. The molecule has 0 fully saturated rings. The van der Waals surface area contributed by atoms with Crippen LogP contribution in [0.25, 0.3) is 22.4 Å². The summed E-state index contributed by atoms with van der Waals surface area (Å²) in [4.78, 5) is 46.0. The number of fused-ring (bicyclic) bond motifs is 1. The number of nitrogens with one attached hydrogen (secondary N) is 1. The van der Waals surface area contributed by atoms with Gasteiger partial charge in [-0.2, -0.15) is 0 Å². The van der Waals surface area contributed by atoms with E-state index < -0.39 is 17.3 Å². The third-order valence-corrected chi connectivity index (χ3v) is 5.53. The van der Waals surface area contributed by atoms with Crippen molar-refractivity contribution in [1.82, 2.24) is 23.7 Å². The quantitative estimate of drug-likeness (QED) is 0.552. The minimum Gasteiger partial charge on any atom is -0.312 e. The van der Waals surface area contributed by atoms with Crippen LogP contribution >= 0.6 is 11.3 Å². The first-order valence-corrected chi connectivity index (χ1v) is 9.71. The molecule has 148 valence electrons. The summed E-state index contributed by atoms with van der Waals surface area (Å²) >= 11 is 1.32. The second kappa shape index (κ2) is 7.13. The average Bonchev–Trinajstić information content (AvgIpc) is 3.38. The minimum atomic E-state index is -0.728. The fraction of sp³-hybridized carbons (Fsp3) is 0.211. The highest BCUT2D eigenvalue weighted by atomic mass is 32.1. The van der Waals surface area contributed by atoms with Gasteiger partial charge in [0, 0.05) is 25.0 Å². The van der Waals surface area contributed by atoms with Gasteiger partial charge in [0.25, 0.3) is 5.56 Å². The van der Waals surface area contributed by atoms with Gasteiger partial charge in [-0.3, -0.25) is 18.7 Å². The van der Waals surface area contributed by atoms with Gasteiger partial charge in [0.1, 0.15) is 6.04 Å². The standard InChI is InChI=1S/C19H18N6O3S/c1-11(25-10-20-15-14(25)17(27)24(3)19(28)23(15)2)16(26)22-18-21-13(9-29-18)12-7-5-4-6-8-12/h4-11H,1-3H3,(H,21,22,26). The summed E-state index contributed by atoms with van der Waals surface area (Å²) in [6, 6.07) is 8.94. The molecule has 0 bridgehead atoms. The van der Waals surface area contributed by atoms with Crippen LogP contribution in [0, 0.1) is 0 Å². The van der Waals surface area contributed by atoms with E-state index in [1.54, 1.807) is 6.92 Å². The highest BCUT2D eigenvalue weighted by Crippen LogP contribution is 2.25. The van der Waals surface area contributed by atoms with E-state index in [0.29, 0.717) is 5.13 Å². The zero-order valence-electron chi connectivity index (χ0n) is 16.0. The van der Waals surface area contributed by atoms with Gasteiger partial charge in [-0.15, -0.1) is 11.3 Å². The maximum atomic E-state index is 12.8. The van der Waals surface area contributed by atoms with E-state index in [2.05, 4.69) is 15.3 Å². The van der Waals surface area contributed by atoms with Gasteiger partial charge >= 0.3 is 5.69 Å². The predicted octanol–water partition coefficient (Wildman–Crippen LogP) is 1.76. The van der Waals surface area contributed by atoms with Crippen LogP contribution in [-0.2, 0) is 18.9 Å². The normalized spacial score (nSPS) is 12.2. The van der Waals surface area contributed by atoms with Gasteiger partial charge in [-0.1, -0.05) is 30.3 Å². The van der Waals surface area contributed by atoms with Gasteiger partial charge in [0.15, 0.2) is 16.3 Å². The molecule has 0 aliphatic rings. The topological polar surface area (TPSA) is 104 Å². The summed E-state index contributed by atoms with van der Waals surface area (Å²) in [6.45, 7) is 1.66. The molecule has 0 aliphatic carbocycles. The van der Waals surface area contributed by atoms with Crippen LogP contribution < -0.4 is 16.6 Å². The molecule has 1 unspecified atom stereocenters. The molecule has 9 nitrogen and oxygen atoms in total. The van der Waals surface area contributed by atoms with Crippen molar-refractivity contribution in [2.75, 3.05) is 5.32 Å². The number of hydrogen-bond acceptors (Lipinski definition) is 6. The van der Waals surface area contributed by atoms with Gasteiger partial charge in [0.2, 0.25) is 5.91 Å². The Labute approximate surface area is 168 Å². The number of hydrogen-bond donors (Lipinski definition) is 1. The van der Waals surface area contributed by atoms with Crippen molar-refractivity contribution in [3.8, 4) is 11.3 Å². The van der Waals surface area contributed by atoms with Crippen LogP contribution in [0.2, 0.25) is 0 Å². The fourth-order valence-corrected chi connectivity index (χ4v) is 3.79. The van der Waals surface area contributed by atoms with Crippen molar-refractivity contribution in [3.63, 3.8) is 0 Å². The number of aromatic nitrogens is 5. The molecule has 0 saturated heterocycles. The second-order valence-electron chi connectivity index (χ2n) is 6.60. The number of carbonyl (C=O) groups is 1. The Morgan fingerprint density at radius 3 is 2.59 bits per heavy atom. The Morgan fingerprint density at radius 1 is 1.14 bits per heavy atom. The van der Waals surface area contributed by atoms with Crippen molar-refractivity contribution < 1.29 is 4.79 Å². The number of benzene rings is 1. The van der Waals surface area contributed by atoms with Crippen molar-refractivity contribution in [3.05, 3.63) is 62.9 Å². The zero-order chi connectivity index (χ0) is 20.7. The number of thiazole rings is 1. The van der Waals surface area contributed by atoms with Crippen molar-refractivity contribution >= 4 is 33.5 Å². The third kappa shape index (κ3) is 3.17. The van der Waals surface area contributed by atoms with Gasteiger partial charge in [0.05, 0.1) is 12.0 Å². The van der Waals surface area contributed by atoms with Crippen LogP contribution in [0.1, 0.15) is 13.0 Å². The minimum absolute atomic E-state index is 0.196. The lowest BCUT2D eigenvalue weighted by molar-refractivity contribution is -0.118. The number of nitrogens with zero attached hydrogens (tertiary/aromatic N) is 5. The molecule has 0 spiro atoms. The van der Waals surface area contributed by atoms with Gasteiger partial charge in [-0.05, 0) is 6.92 Å². The molecule has 4 rings (SSSR count). The number of imidazole rings is 1. The predicted molar refractivity (Wildman–Crippen MR) is 111 cm³/mol. The molecule has 3 aromatic heterocycles. The first kappa shape index (κ1) is 18.8. The number of amides is 1. The van der Waals surface area contributed by atoms with Gasteiger partial charge < -0.3 is 9.88 Å². The van der Waals surface area contributed by atoms with E-state index in [1.807, 2.05) is 35.7 Å². The van der Waals surface area contributed by atoms with Crippen LogP contribution in [0.15, 0.2) is 51.6 Å². The molecule has 1 amide bonds. The van der Waals surface area contributed by atoms with Crippen LogP contribution in [0.5, 0.6) is 0 Å². The highest BCUT2D eigenvalue weighted by Gasteiger charge is 2.22. The number of rotatable bonds is 4. The van der Waals surface area contributed by atoms with Gasteiger partial charge in [-0.25, -0.2) is 14.8 Å². The number of anilines is 1. The van der Waals surface area contributed by atoms with E-state index in [0.717, 1.165) is 15.8 Å². The highest BCUT2D eigenvalue weighted by molar-refractivity contribution is 7.14. The van der Waals surface area contributed by atoms with Crippen molar-refractivity contribution in [2.24, 2.45) is 14.1 Å². The molecule has 3 heterocycles. The third-order valence-electron chi connectivity index (χ3n) is 4.77. The van der Waals surface area contributed by atoms with E-state index in [9.17, 15) is 14.4 Å². The van der Waals surface area contributed by atoms with E-state index in [4.69, 9.17) is 0 Å². The average molecular weight is 410 g/mol. The number of carbonyl (C=O) groups excluding carboxylic acids is 1. The lowest BCUT2D eigenvalue weighted by Crippen LogP contribution is -2.38. The molecular formula is C19H18N6O3S. The summed E-state index contributed by atoms with van der Waals surface area (Å²) in [5, 5.41) is 5.12. The van der Waals surface area contributed by atoms with Crippen LogP contribution in [0.4, 0.5) is 5.13 Å². The van der Waals surface area contributed by atoms with Crippen molar-refractivity contribution in [2.45, 2.75) is 13.0 Å². The van der Waals surface area contributed by atoms with E-state index >= 15 is 0 Å². The van der Waals surface area contributed by atoms with Crippen molar-refractivity contribution in [1.29, 1.82) is 0 Å². The van der Waals surface area contributed by atoms with E-state index in [1.165, 1.54) is 40.9 Å². The smallest absolute Gasteiger partial charge is 0.312 e. The second-order valence-corrected chi connectivity index (χ2v) is 7.46. The van der Waals surface area contributed by atoms with E-state index in [-0.39, 0.29) is 17.1 Å². The molecule has 0 aliphatic heterocycles. The summed E-state index contributed by atoms with van der Waals surface area (Å²) in [7, 11) is 2.93. The molecule has 29 heavy (non-hydrogen) atoms.